The zero-order valence-electron chi connectivity index (χ0n) is 18.2. The van der Waals surface area contributed by atoms with Crippen molar-refractivity contribution in [1.82, 2.24) is 19.1 Å². The fourth-order valence-corrected chi connectivity index (χ4v) is 3.43. The maximum Gasteiger partial charge on any atom is 0.329 e. The summed E-state index contributed by atoms with van der Waals surface area (Å²) in [5.74, 6) is 0.980. The van der Waals surface area contributed by atoms with Crippen LogP contribution >= 0.6 is 0 Å². The van der Waals surface area contributed by atoms with E-state index in [1.165, 1.54) is 16.2 Å². The Hall–Kier alpha value is -4.18. The maximum absolute atomic E-state index is 12.6. The monoisotopic (exact) mass is 448 g/mol. The van der Waals surface area contributed by atoms with Gasteiger partial charge in [-0.15, -0.1) is 0 Å². The molecule has 0 saturated carbocycles. The van der Waals surface area contributed by atoms with Crippen LogP contribution in [0.25, 0.3) is 11.2 Å². The van der Waals surface area contributed by atoms with Gasteiger partial charge in [-0.25, -0.2) is 10.2 Å². The minimum Gasteiger partial charge on any atom is -0.494 e. The van der Waals surface area contributed by atoms with E-state index in [1.54, 1.807) is 18.3 Å². The summed E-state index contributed by atoms with van der Waals surface area (Å²) in [7, 11) is 1.51. The van der Waals surface area contributed by atoms with Gasteiger partial charge in [0.05, 0.1) is 25.5 Å². The molecule has 4 rings (SSSR count). The van der Waals surface area contributed by atoms with E-state index in [9.17, 15) is 14.7 Å². The van der Waals surface area contributed by atoms with Crippen molar-refractivity contribution in [2.24, 2.45) is 12.1 Å². The number of benzene rings is 2. The van der Waals surface area contributed by atoms with E-state index in [4.69, 9.17) is 4.74 Å². The van der Waals surface area contributed by atoms with Crippen molar-refractivity contribution >= 4 is 23.3 Å². The predicted molar refractivity (Wildman–Crippen MR) is 126 cm³/mol. The number of rotatable bonds is 8. The van der Waals surface area contributed by atoms with Gasteiger partial charge in [-0.2, -0.15) is 10.1 Å². The third-order valence-corrected chi connectivity index (χ3v) is 5.12. The second-order valence-electron chi connectivity index (χ2n) is 7.34. The summed E-state index contributed by atoms with van der Waals surface area (Å²) in [5, 5.41) is 15.0. The van der Waals surface area contributed by atoms with Gasteiger partial charge in [-0.1, -0.05) is 30.3 Å². The highest BCUT2D eigenvalue weighted by Crippen LogP contribution is 2.21. The SMILES string of the molecule is CCOc1ccc(/C=N\Nc2nc3c(c(=O)[nH]c(=O)n3C)n2C[C@H](O)c2ccccc2)cc1. The van der Waals surface area contributed by atoms with Crippen LogP contribution in [0.4, 0.5) is 5.95 Å². The van der Waals surface area contributed by atoms with Crippen LogP contribution in [0.1, 0.15) is 24.2 Å². The number of imidazole rings is 1. The molecule has 3 N–H and O–H groups in total. The van der Waals surface area contributed by atoms with E-state index < -0.39 is 17.4 Å². The lowest BCUT2D eigenvalue weighted by Crippen LogP contribution is -2.29. The molecule has 0 aliphatic rings. The van der Waals surface area contributed by atoms with Crippen LogP contribution in [-0.2, 0) is 13.6 Å². The van der Waals surface area contributed by atoms with E-state index in [-0.39, 0.29) is 23.7 Å². The molecule has 2 aromatic heterocycles. The molecule has 0 aliphatic carbocycles. The molecule has 0 unspecified atom stereocenters. The lowest BCUT2D eigenvalue weighted by Gasteiger charge is -2.14. The van der Waals surface area contributed by atoms with Crippen LogP contribution in [0.15, 0.2) is 69.3 Å². The molecular weight excluding hydrogens is 424 g/mol. The summed E-state index contributed by atoms with van der Waals surface area (Å²) in [4.78, 5) is 31.3. The Kier molecular flexibility index (Phi) is 6.36. The minimum atomic E-state index is -0.907. The van der Waals surface area contributed by atoms with E-state index >= 15 is 0 Å². The molecule has 0 amide bonds. The lowest BCUT2D eigenvalue weighted by molar-refractivity contribution is 0.158. The smallest absolute Gasteiger partial charge is 0.329 e. The topological polar surface area (TPSA) is 127 Å². The quantitative estimate of drug-likeness (QED) is 0.280. The summed E-state index contributed by atoms with van der Waals surface area (Å²) >= 11 is 0. The van der Waals surface area contributed by atoms with Gasteiger partial charge in [0, 0.05) is 7.05 Å². The number of aryl methyl sites for hydroxylation is 1. The molecule has 10 nitrogen and oxygen atoms in total. The molecule has 2 aromatic carbocycles. The molecule has 33 heavy (non-hydrogen) atoms. The van der Waals surface area contributed by atoms with Crippen molar-refractivity contribution in [3.8, 4) is 5.75 Å². The van der Waals surface area contributed by atoms with E-state index in [1.807, 2.05) is 49.4 Å². The molecule has 0 aliphatic heterocycles. The van der Waals surface area contributed by atoms with Crippen molar-refractivity contribution in [3.05, 3.63) is 86.6 Å². The zero-order chi connectivity index (χ0) is 23.4. The van der Waals surface area contributed by atoms with Gasteiger partial charge in [-0.05, 0) is 42.3 Å². The number of nitrogens with zero attached hydrogens (tertiary/aromatic N) is 4. The zero-order valence-corrected chi connectivity index (χ0v) is 18.2. The molecular formula is C23H24N6O4. The first-order chi connectivity index (χ1) is 16.0. The Morgan fingerprint density at radius 3 is 2.61 bits per heavy atom. The van der Waals surface area contributed by atoms with E-state index in [2.05, 4.69) is 20.5 Å². The fourth-order valence-electron chi connectivity index (χ4n) is 3.43. The summed E-state index contributed by atoms with van der Waals surface area (Å²) < 4.78 is 8.19. The first kappa shape index (κ1) is 22.0. The third kappa shape index (κ3) is 4.70. The number of aromatic nitrogens is 4. The van der Waals surface area contributed by atoms with Gasteiger partial charge >= 0.3 is 5.69 Å². The summed E-state index contributed by atoms with van der Waals surface area (Å²) in [6, 6.07) is 16.5. The van der Waals surface area contributed by atoms with E-state index in [0.717, 1.165) is 11.3 Å². The lowest BCUT2D eigenvalue weighted by atomic mass is 10.1. The standard InChI is InChI=1S/C23H24N6O4/c1-3-33-17-11-9-15(10-12-17)13-24-27-22-25-20-19(21(31)26-23(32)28(20)2)29(22)14-18(30)16-7-5-4-6-8-16/h4-13,18,30H,3,14H2,1-2H3,(H,25,27)(H,26,31,32)/b24-13-/t18-/m0/s1. The number of fused-ring (bicyclic) bond motifs is 1. The molecule has 1 atom stereocenters. The number of anilines is 1. The maximum atomic E-state index is 12.6. The highest BCUT2D eigenvalue weighted by molar-refractivity contribution is 5.80. The number of nitrogens with one attached hydrogen (secondary N) is 2. The predicted octanol–water partition coefficient (Wildman–Crippen LogP) is 2.00. The average Bonchev–Trinajstić information content (AvgIpc) is 3.18. The largest absolute Gasteiger partial charge is 0.494 e. The Balaban J connectivity index is 1.68. The van der Waals surface area contributed by atoms with Gasteiger partial charge in [0.15, 0.2) is 11.2 Å². The third-order valence-electron chi connectivity index (χ3n) is 5.12. The molecule has 0 saturated heterocycles. The fraction of sp³-hybridized carbons (Fsp3) is 0.217. The summed E-state index contributed by atoms with van der Waals surface area (Å²) in [5.41, 5.74) is 3.51. The molecule has 4 aromatic rings. The van der Waals surface area contributed by atoms with Gasteiger partial charge in [0.1, 0.15) is 5.75 Å². The van der Waals surface area contributed by atoms with Gasteiger partial charge in [0.25, 0.3) is 5.56 Å². The molecule has 170 valence electrons. The number of H-pyrrole nitrogens is 1. The Morgan fingerprint density at radius 1 is 1.18 bits per heavy atom. The summed E-state index contributed by atoms with van der Waals surface area (Å²) in [6.07, 6.45) is 0.687. The number of aromatic amines is 1. The van der Waals surface area contributed by atoms with Crippen LogP contribution in [0.5, 0.6) is 5.75 Å². The summed E-state index contributed by atoms with van der Waals surface area (Å²) in [6.45, 7) is 2.53. The van der Waals surface area contributed by atoms with Gasteiger partial charge in [0.2, 0.25) is 5.95 Å². The molecule has 0 bridgehead atoms. The molecule has 2 heterocycles. The second kappa shape index (κ2) is 9.53. The Labute approximate surface area is 188 Å². The second-order valence-corrected chi connectivity index (χ2v) is 7.34. The van der Waals surface area contributed by atoms with Gasteiger partial charge in [-0.3, -0.25) is 18.9 Å². The minimum absolute atomic E-state index is 0.0305. The van der Waals surface area contributed by atoms with Crippen LogP contribution < -0.4 is 21.4 Å². The highest BCUT2D eigenvalue weighted by atomic mass is 16.5. The number of aliphatic hydroxyl groups excluding tert-OH is 1. The first-order valence-corrected chi connectivity index (χ1v) is 10.4. The number of hydrogen-bond acceptors (Lipinski definition) is 7. The highest BCUT2D eigenvalue weighted by Gasteiger charge is 2.20. The average molecular weight is 448 g/mol. The van der Waals surface area contributed by atoms with Crippen molar-refractivity contribution in [3.63, 3.8) is 0 Å². The normalized spacial score (nSPS) is 12.3. The van der Waals surface area contributed by atoms with Crippen molar-refractivity contribution in [2.75, 3.05) is 12.0 Å². The molecule has 0 radical (unpaired) electrons. The van der Waals surface area contributed by atoms with Crippen molar-refractivity contribution in [1.29, 1.82) is 0 Å². The van der Waals surface area contributed by atoms with Crippen LogP contribution in [0, 0.1) is 0 Å². The van der Waals surface area contributed by atoms with Crippen LogP contribution in [0.2, 0.25) is 0 Å². The van der Waals surface area contributed by atoms with Crippen LogP contribution in [-0.4, -0.2) is 37.0 Å². The number of aliphatic hydroxyl groups is 1. The molecule has 0 fully saturated rings. The van der Waals surface area contributed by atoms with Crippen molar-refractivity contribution in [2.45, 2.75) is 19.6 Å². The van der Waals surface area contributed by atoms with Crippen molar-refractivity contribution < 1.29 is 9.84 Å². The van der Waals surface area contributed by atoms with E-state index in [0.29, 0.717) is 12.2 Å². The number of hydrazone groups is 1. The molecule has 10 heteroatoms. The first-order valence-electron chi connectivity index (χ1n) is 10.4. The Bertz CT molecular complexity index is 1390. The van der Waals surface area contributed by atoms with Gasteiger partial charge < -0.3 is 9.84 Å². The molecule has 0 spiro atoms. The number of ether oxygens (including phenoxy) is 1. The van der Waals surface area contributed by atoms with Crippen LogP contribution in [0.3, 0.4) is 0 Å². The number of hydrogen-bond donors (Lipinski definition) is 3. The Morgan fingerprint density at radius 2 is 1.91 bits per heavy atom.